The van der Waals surface area contributed by atoms with Crippen LogP contribution in [0.3, 0.4) is 0 Å². The summed E-state index contributed by atoms with van der Waals surface area (Å²) in [5.41, 5.74) is 2.58. The highest BCUT2D eigenvalue weighted by molar-refractivity contribution is 7.17. The predicted molar refractivity (Wildman–Crippen MR) is 111 cm³/mol. The van der Waals surface area contributed by atoms with Gasteiger partial charge in [0.05, 0.1) is 12.8 Å². The van der Waals surface area contributed by atoms with Crippen molar-refractivity contribution in [3.05, 3.63) is 65.5 Å². The van der Waals surface area contributed by atoms with Gasteiger partial charge in [-0.2, -0.15) is 0 Å². The minimum atomic E-state index is -0.269. The largest absolute Gasteiger partial charge is 0.469 e. The van der Waals surface area contributed by atoms with Crippen molar-refractivity contribution >= 4 is 23.2 Å². The zero-order valence-corrected chi connectivity index (χ0v) is 16.7. The number of rotatable bonds is 7. The number of amides is 1. The Morgan fingerprint density at radius 2 is 1.61 bits per heavy atom. The molecule has 0 spiro atoms. The fourth-order valence-corrected chi connectivity index (χ4v) is 3.89. The van der Waals surface area contributed by atoms with Crippen molar-refractivity contribution in [3.8, 4) is 21.8 Å². The second-order valence-corrected chi connectivity index (χ2v) is 7.33. The molecular formula is C22H22N2O3S. The van der Waals surface area contributed by atoms with Gasteiger partial charge in [0.25, 0.3) is 5.91 Å². The standard InChI is InChI=1S/C22H22N2O3S/c1-24(15-9-14-18(25)27-2)22(26)20-19(16-10-5-3-6-11-16)23-21(28-20)17-12-7-4-8-13-17/h3-8,10-13H,9,14-15H2,1-2H3. The summed E-state index contributed by atoms with van der Waals surface area (Å²) in [6.45, 7) is 0.473. The Balaban J connectivity index is 1.89. The molecule has 0 atom stereocenters. The van der Waals surface area contributed by atoms with Gasteiger partial charge < -0.3 is 9.64 Å². The second-order valence-electron chi connectivity index (χ2n) is 6.34. The minimum absolute atomic E-state index is 0.0941. The van der Waals surface area contributed by atoms with E-state index in [4.69, 9.17) is 4.98 Å². The molecule has 0 aliphatic rings. The third kappa shape index (κ3) is 4.64. The molecule has 6 heteroatoms. The molecule has 0 fully saturated rings. The predicted octanol–water partition coefficient (Wildman–Crippen LogP) is 4.50. The Labute approximate surface area is 168 Å². The van der Waals surface area contributed by atoms with Crippen LogP contribution in [0.5, 0.6) is 0 Å². The van der Waals surface area contributed by atoms with Crippen LogP contribution in [0.2, 0.25) is 0 Å². The highest BCUT2D eigenvalue weighted by Gasteiger charge is 2.23. The van der Waals surface area contributed by atoms with Crippen molar-refractivity contribution < 1.29 is 14.3 Å². The van der Waals surface area contributed by atoms with E-state index in [1.165, 1.54) is 18.4 Å². The normalized spacial score (nSPS) is 10.5. The van der Waals surface area contributed by atoms with Crippen LogP contribution < -0.4 is 0 Å². The van der Waals surface area contributed by atoms with E-state index in [2.05, 4.69) is 4.74 Å². The lowest BCUT2D eigenvalue weighted by atomic mass is 10.1. The molecule has 1 aromatic heterocycles. The topological polar surface area (TPSA) is 59.5 Å². The van der Waals surface area contributed by atoms with Gasteiger partial charge in [0.1, 0.15) is 9.88 Å². The van der Waals surface area contributed by atoms with Crippen LogP contribution in [0.25, 0.3) is 21.8 Å². The quantitative estimate of drug-likeness (QED) is 0.554. The van der Waals surface area contributed by atoms with Crippen LogP contribution in [0, 0.1) is 0 Å². The maximum Gasteiger partial charge on any atom is 0.305 e. The number of carbonyl (C=O) groups is 2. The van der Waals surface area contributed by atoms with Crippen molar-refractivity contribution in [1.82, 2.24) is 9.88 Å². The van der Waals surface area contributed by atoms with Gasteiger partial charge in [-0.1, -0.05) is 60.7 Å². The summed E-state index contributed by atoms with van der Waals surface area (Å²) in [6, 6.07) is 19.6. The third-order valence-electron chi connectivity index (χ3n) is 4.34. The van der Waals surface area contributed by atoms with Gasteiger partial charge in [-0.3, -0.25) is 9.59 Å². The lowest BCUT2D eigenvalue weighted by molar-refractivity contribution is -0.140. The van der Waals surface area contributed by atoms with E-state index in [9.17, 15) is 9.59 Å². The first kappa shape index (κ1) is 19.8. The molecule has 1 heterocycles. The number of carbonyl (C=O) groups excluding carboxylic acids is 2. The summed E-state index contributed by atoms with van der Waals surface area (Å²) in [7, 11) is 3.11. The highest BCUT2D eigenvalue weighted by atomic mass is 32.1. The number of nitrogens with zero attached hydrogens (tertiary/aromatic N) is 2. The summed E-state index contributed by atoms with van der Waals surface area (Å²) < 4.78 is 4.66. The number of esters is 1. The first-order valence-electron chi connectivity index (χ1n) is 9.04. The fourth-order valence-electron chi connectivity index (χ4n) is 2.80. The van der Waals surface area contributed by atoms with E-state index < -0.39 is 0 Å². The lowest BCUT2D eigenvalue weighted by Crippen LogP contribution is -2.28. The number of ether oxygens (including phenoxy) is 1. The molecule has 0 saturated heterocycles. The molecule has 1 amide bonds. The van der Waals surface area contributed by atoms with Crippen LogP contribution >= 0.6 is 11.3 Å². The Bertz CT molecular complexity index is 939. The number of hydrogen-bond donors (Lipinski definition) is 0. The molecule has 0 radical (unpaired) electrons. The van der Waals surface area contributed by atoms with Crippen molar-refractivity contribution in [2.75, 3.05) is 20.7 Å². The van der Waals surface area contributed by atoms with E-state index >= 15 is 0 Å². The average molecular weight is 394 g/mol. The van der Waals surface area contributed by atoms with E-state index in [1.807, 2.05) is 60.7 Å². The second kappa shape index (κ2) is 9.28. The fraction of sp³-hybridized carbons (Fsp3) is 0.227. The van der Waals surface area contributed by atoms with Crippen LogP contribution in [-0.4, -0.2) is 42.5 Å². The monoisotopic (exact) mass is 394 g/mol. The van der Waals surface area contributed by atoms with Gasteiger partial charge in [-0.05, 0) is 6.42 Å². The molecule has 0 N–H and O–H groups in total. The molecule has 144 valence electrons. The van der Waals surface area contributed by atoms with E-state index in [-0.39, 0.29) is 18.3 Å². The number of aromatic nitrogens is 1. The summed E-state index contributed by atoms with van der Waals surface area (Å²) >= 11 is 1.39. The summed E-state index contributed by atoms with van der Waals surface area (Å²) in [6.07, 6.45) is 0.845. The molecule has 0 saturated carbocycles. The molecule has 0 bridgehead atoms. The Hall–Kier alpha value is -2.99. The molecule has 3 aromatic rings. The highest BCUT2D eigenvalue weighted by Crippen LogP contribution is 2.34. The number of thiazole rings is 1. The summed E-state index contributed by atoms with van der Waals surface area (Å²) in [5, 5.41) is 0.811. The molecule has 0 unspecified atom stereocenters. The Morgan fingerprint density at radius 1 is 1.00 bits per heavy atom. The van der Waals surface area contributed by atoms with Crippen LogP contribution in [0.4, 0.5) is 0 Å². The molecule has 0 aliphatic heterocycles. The van der Waals surface area contributed by atoms with Crippen LogP contribution in [0.1, 0.15) is 22.5 Å². The molecule has 28 heavy (non-hydrogen) atoms. The summed E-state index contributed by atoms with van der Waals surface area (Å²) in [5.74, 6) is -0.363. The Morgan fingerprint density at radius 3 is 2.21 bits per heavy atom. The summed E-state index contributed by atoms with van der Waals surface area (Å²) in [4.78, 5) is 31.4. The molecule has 5 nitrogen and oxygen atoms in total. The van der Waals surface area contributed by atoms with Crippen molar-refractivity contribution in [2.24, 2.45) is 0 Å². The van der Waals surface area contributed by atoms with Crippen molar-refractivity contribution in [1.29, 1.82) is 0 Å². The van der Waals surface area contributed by atoms with Gasteiger partial charge >= 0.3 is 5.97 Å². The third-order valence-corrected chi connectivity index (χ3v) is 5.43. The smallest absolute Gasteiger partial charge is 0.305 e. The number of methoxy groups -OCH3 is 1. The van der Waals surface area contributed by atoms with Gasteiger partial charge in [0.2, 0.25) is 0 Å². The van der Waals surface area contributed by atoms with Gasteiger partial charge in [0, 0.05) is 31.1 Å². The minimum Gasteiger partial charge on any atom is -0.469 e. The molecule has 0 aliphatic carbocycles. The van der Waals surface area contributed by atoms with Crippen LogP contribution in [-0.2, 0) is 9.53 Å². The van der Waals surface area contributed by atoms with Gasteiger partial charge in [0.15, 0.2) is 0 Å². The number of benzene rings is 2. The zero-order chi connectivity index (χ0) is 19.9. The van der Waals surface area contributed by atoms with Gasteiger partial charge in [-0.15, -0.1) is 11.3 Å². The first-order chi connectivity index (χ1) is 13.6. The number of hydrogen-bond acceptors (Lipinski definition) is 5. The van der Waals surface area contributed by atoms with Crippen LogP contribution in [0.15, 0.2) is 60.7 Å². The van der Waals surface area contributed by atoms with Crippen molar-refractivity contribution in [2.45, 2.75) is 12.8 Å². The first-order valence-corrected chi connectivity index (χ1v) is 9.85. The molecular weight excluding hydrogens is 372 g/mol. The van der Waals surface area contributed by atoms with E-state index in [1.54, 1.807) is 11.9 Å². The maximum absolute atomic E-state index is 13.1. The molecule has 2 aromatic carbocycles. The Kier molecular flexibility index (Phi) is 6.55. The average Bonchev–Trinajstić information content (AvgIpc) is 3.19. The SMILES string of the molecule is COC(=O)CCCN(C)C(=O)c1sc(-c2ccccc2)nc1-c1ccccc1. The van der Waals surface area contributed by atoms with E-state index in [0.717, 1.165) is 16.1 Å². The zero-order valence-electron chi connectivity index (χ0n) is 15.9. The van der Waals surface area contributed by atoms with E-state index in [0.29, 0.717) is 23.5 Å². The van der Waals surface area contributed by atoms with Gasteiger partial charge in [-0.25, -0.2) is 4.98 Å². The lowest BCUT2D eigenvalue weighted by Gasteiger charge is -2.16. The molecule has 3 rings (SSSR count). The maximum atomic E-state index is 13.1. The van der Waals surface area contributed by atoms with Crippen molar-refractivity contribution in [3.63, 3.8) is 0 Å².